The van der Waals surface area contributed by atoms with E-state index in [0.29, 0.717) is 12.1 Å². The molecule has 21 heavy (non-hydrogen) atoms. The molecule has 1 aliphatic heterocycles. The van der Waals surface area contributed by atoms with Crippen molar-refractivity contribution in [2.75, 3.05) is 18.0 Å². The first kappa shape index (κ1) is 14.4. The summed E-state index contributed by atoms with van der Waals surface area (Å²) >= 11 is 1.72. The highest BCUT2D eigenvalue weighted by Crippen LogP contribution is 2.20. The highest BCUT2D eigenvalue weighted by atomic mass is 32.1. The minimum atomic E-state index is 0.319. The zero-order chi connectivity index (χ0) is 14.7. The molecule has 6 heteroatoms. The minimum Gasteiger partial charge on any atom is -0.341 e. The maximum absolute atomic E-state index is 4.56. The average molecular weight is 303 g/mol. The van der Waals surface area contributed by atoms with Crippen molar-refractivity contribution < 1.29 is 0 Å². The van der Waals surface area contributed by atoms with Crippen LogP contribution in [0.15, 0.2) is 23.8 Å². The van der Waals surface area contributed by atoms with Crippen molar-refractivity contribution in [3.63, 3.8) is 0 Å². The number of aromatic nitrogens is 3. The molecule has 0 saturated carbocycles. The van der Waals surface area contributed by atoms with Crippen LogP contribution in [0.4, 0.5) is 5.95 Å². The van der Waals surface area contributed by atoms with Crippen LogP contribution in [0.1, 0.15) is 36.5 Å². The van der Waals surface area contributed by atoms with Crippen LogP contribution in [-0.4, -0.2) is 34.1 Å². The predicted octanol–water partition coefficient (Wildman–Crippen LogP) is 2.56. The van der Waals surface area contributed by atoms with Gasteiger partial charge in [0.05, 0.1) is 10.7 Å². The molecule has 112 valence electrons. The summed E-state index contributed by atoms with van der Waals surface area (Å²) in [7, 11) is 0. The van der Waals surface area contributed by atoms with Crippen molar-refractivity contribution >= 4 is 17.3 Å². The van der Waals surface area contributed by atoms with Gasteiger partial charge in [0.2, 0.25) is 5.95 Å². The van der Waals surface area contributed by atoms with Gasteiger partial charge < -0.3 is 10.2 Å². The van der Waals surface area contributed by atoms with Crippen LogP contribution >= 0.6 is 11.3 Å². The van der Waals surface area contributed by atoms with E-state index in [2.05, 4.69) is 44.4 Å². The Balaban J connectivity index is 1.52. The maximum Gasteiger partial charge on any atom is 0.225 e. The van der Waals surface area contributed by atoms with E-state index in [1.807, 2.05) is 6.07 Å². The second-order valence-corrected chi connectivity index (χ2v) is 6.55. The highest BCUT2D eigenvalue weighted by Gasteiger charge is 2.22. The second kappa shape index (κ2) is 6.49. The molecule has 2 aromatic heterocycles. The molecule has 0 aromatic carbocycles. The summed E-state index contributed by atoms with van der Waals surface area (Å²) in [5.41, 5.74) is 1.16. The van der Waals surface area contributed by atoms with E-state index in [4.69, 9.17) is 0 Å². The Morgan fingerprint density at radius 2 is 2.00 bits per heavy atom. The lowest BCUT2D eigenvalue weighted by molar-refractivity contribution is 0.376. The Labute approximate surface area is 129 Å². The lowest BCUT2D eigenvalue weighted by atomic mass is 10.0. The molecule has 2 aromatic rings. The molecule has 1 atom stereocenters. The van der Waals surface area contributed by atoms with Gasteiger partial charge in [0.25, 0.3) is 0 Å². The second-order valence-electron chi connectivity index (χ2n) is 5.49. The van der Waals surface area contributed by atoms with Gasteiger partial charge in [-0.25, -0.2) is 15.0 Å². The molecule has 0 radical (unpaired) electrons. The van der Waals surface area contributed by atoms with E-state index in [9.17, 15) is 0 Å². The van der Waals surface area contributed by atoms with Gasteiger partial charge in [-0.3, -0.25) is 0 Å². The zero-order valence-electron chi connectivity index (χ0n) is 12.5. The van der Waals surface area contributed by atoms with Crippen molar-refractivity contribution in [3.8, 4) is 0 Å². The summed E-state index contributed by atoms with van der Waals surface area (Å²) in [5.74, 6) is 0.846. The maximum atomic E-state index is 4.56. The van der Waals surface area contributed by atoms with Gasteiger partial charge in [-0.1, -0.05) is 0 Å². The number of nitrogens with one attached hydrogen (secondary N) is 1. The molecule has 3 heterocycles. The average Bonchev–Trinajstić information content (AvgIpc) is 2.96. The van der Waals surface area contributed by atoms with E-state index in [-0.39, 0.29) is 0 Å². The quantitative estimate of drug-likeness (QED) is 0.941. The summed E-state index contributed by atoms with van der Waals surface area (Å²) in [5, 5.41) is 6.98. The Bertz CT molecular complexity index is 562. The number of aryl methyl sites for hydroxylation is 1. The van der Waals surface area contributed by atoms with Crippen molar-refractivity contribution in [1.29, 1.82) is 0 Å². The molecule has 0 aliphatic carbocycles. The van der Waals surface area contributed by atoms with Crippen LogP contribution in [-0.2, 0) is 0 Å². The fourth-order valence-electron chi connectivity index (χ4n) is 2.72. The molecule has 1 aliphatic rings. The van der Waals surface area contributed by atoms with Crippen LogP contribution < -0.4 is 10.2 Å². The molecule has 5 nitrogen and oxygen atoms in total. The van der Waals surface area contributed by atoms with E-state index in [1.165, 1.54) is 0 Å². The van der Waals surface area contributed by atoms with Crippen LogP contribution in [0, 0.1) is 6.92 Å². The third kappa shape index (κ3) is 3.57. The Morgan fingerprint density at radius 1 is 1.29 bits per heavy atom. The third-order valence-corrected chi connectivity index (χ3v) is 4.69. The molecule has 1 unspecified atom stereocenters. The SMILES string of the molecule is Cc1nc(C(C)NC2CCN(c3ncccn3)CC2)cs1. The van der Waals surface area contributed by atoms with Gasteiger partial charge >= 0.3 is 0 Å². The normalized spacial score (nSPS) is 17.9. The lowest BCUT2D eigenvalue weighted by Gasteiger charge is -2.33. The van der Waals surface area contributed by atoms with E-state index < -0.39 is 0 Å². The fraction of sp³-hybridized carbons (Fsp3) is 0.533. The Hall–Kier alpha value is -1.53. The first-order chi connectivity index (χ1) is 10.2. The summed E-state index contributed by atoms with van der Waals surface area (Å²) in [6.45, 7) is 6.26. The summed E-state index contributed by atoms with van der Waals surface area (Å²) in [4.78, 5) is 15.5. The molecule has 1 fully saturated rings. The molecule has 0 amide bonds. The number of rotatable bonds is 4. The summed E-state index contributed by atoms with van der Waals surface area (Å²) < 4.78 is 0. The Morgan fingerprint density at radius 3 is 2.62 bits per heavy atom. The van der Waals surface area contributed by atoms with Gasteiger partial charge in [-0.15, -0.1) is 11.3 Å². The van der Waals surface area contributed by atoms with Gasteiger partial charge in [-0.05, 0) is 32.8 Å². The molecule has 1 saturated heterocycles. The Kier molecular flexibility index (Phi) is 4.45. The molecule has 1 N–H and O–H groups in total. The van der Waals surface area contributed by atoms with E-state index in [1.54, 1.807) is 23.7 Å². The number of piperidine rings is 1. The van der Waals surface area contributed by atoms with E-state index in [0.717, 1.165) is 42.6 Å². The van der Waals surface area contributed by atoms with Crippen LogP contribution in [0.3, 0.4) is 0 Å². The molecule has 0 spiro atoms. The molecule has 3 rings (SSSR count). The molecule has 0 bridgehead atoms. The number of nitrogens with zero attached hydrogens (tertiary/aromatic N) is 4. The number of anilines is 1. The van der Waals surface area contributed by atoms with Crippen LogP contribution in [0.5, 0.6) is 0 Å². The molecular formula is C15H21N5S. The standard InChI is InChI=1S/C15H21N5S/c1-11(14-10-21-12(2)19-14)18-13-4-8-20(9-5-13)15-16-6-3-7-17-15/h3,6-7,10-11,13,18H,4-5,8-9H2,1-2H3. The summed E-state index contributed by atoms with van der Waals surface area (Å²) in [6, 6.07) is 2.72. The summed E-state index contributed by atoms with van der Waals surface area (Å²) in [6.07, 6.45) is 5.84. The van der Waals surface area contributed by atoms with Crippen molar-refractivity contribution in [2.24, 2.45) is 0 Å². The lowest BCUT2D eigenvalue weighted by Crippen LogP contribution is -2.43. The van der Waals surface area contributed by atoms with Crippen molar-refractivity contribution in [3.05, 3.63) is 34.5 Å². The minimum absolute atomic E-state index is 0.319. The topological polar surface area (TPSA) is 53.9 Å². The number of hydrogen-bond acceptors (Lipinski definition) is 6. The zero-order valence-corrected chi connectivity index (χ0v) is 13.3. The largest absolute Gasteiger partial charge is 0.341 e. The first-order valence-corrected chi connectivity index (χ1v) is 8.30. The smallest absolute Gasteiger partial charge is 0.225 e. The van der Waals surface area contributed by atoms with Gasteiger partial charge in [0, 0.05) is 42.9 Å². The van der Waals surface area contributed by atoms with Crippen molar-refractivity contribution in [1.82, 2.24) is 20.3 Å². The molecular weight excluding hydrogens is 282 g/mol. The first-order valence-electron chi connectivity index (χ1n) is 7.42. The monoisotopic (exact) mass is 303 g/mol. The van der Waals surface area contributed by atoms with Gasteiger partial charge in [0.1, 0.15) is 0 Å². The number of thiazole rings is 1. The van der Waals surface area contributed by atoms with Gasteiger partial charge in [-0.2, -0.15) is 0 Å². The van der Waals surface area contributed by atoms with E-state index >= 15 is 0 Å². The third-order valence-electron chi connectivity index (χ3n) is 3.90. The predicted molar refractivity (Wildman–Crippen MR) is 85.7 cm³/mol. The van der Waals surface area contributed by atoms with Crippen LogP contribution in [0.25, 0.3) is 0 Å². The van der Waals surface area contributed by atoms with Gasteiger partial charge in [0.15, 0.2) is 0 Å². The van der Waals surface area contributed by atoms with Crippen molar-refractivity contribution in [2.45, 2.75) is 38.8 Å². The van der Waals surface area contributed by atoms with Crippen LogP contribution in [0.2, 0.25) is 0 Å². The number of hydrogen-bond donors (Lipinski definition) is 1. The fourth-order valence-corrected chi connectivity index (χ4v) is 3.42. The highest BCUT2D eigenvalue weighted by molar-refractivity contribution is 7.09.